The van der Waals surface area contributed by atoms with Crippen LogP contribution in [0.5, 0.6) is 0 Å². The maximum atomic E-state index is 12.5. The molecule has 3 heteroatoms. The van der Waals surface area contributed by atoms with Crippen molar-refractivity contribution in [1.82, 2.24) is 0 Å². The zero-order valence-electron chi connectivity index (χ0n) is 5.90. The normalized spacial score (nSPS) is 10.1. The highest BCUT2D eigenvalue weighted by atomic mass is 19.1. The number of benzene rings is 1. The Hall–Kier alpha value is -0.960. The fourth-order valence-corrected chi connectivity index (χ4v) is 0.900. The van der Waals surface area contributed by atoms with Gasteiger partial charge < -0.3 is 5.73 Å². The number of halogens is 2. The van der Waals surface area contributed by atoms with Crippen LogP contribution >= 0.6 is 0 Å². The van der Waals surface area contributed by atoms with Gasteiger partial charge in [-0.25, -0.2) is 8.78 Å². The van der Waals surface area contributed by atoms with Crippen molar-refractivity contribution in [2.75, 3.05) is 6.54 Å². The Labute approximate surface area is 63.8 Å². The predicted octanol–water partition coefficient (Wildman–Crippen LogP) is 2.56. The second-order valence-electron chi connectivity index (χ2n) is 2.28. The molecule has 0 aromatic heterocycles. The highest BCUT2D eigenvalue weighted by Gasteiger charge is 1.97. The number of hydrogen-bond donors (Lipinski definition) is 0. The smallest absolute Gasteiger partial charge is 0.126 e. The highest BCUT2D eigenvalue weighted by molar-refractivity contribution is 5.18. The van der Waals surface area contributed by atoms with E-state index in [0.29, 0.717) is 12.0 Å². The van der Waals surface area contributed by atoms with Gasteiger partial charge in [-0.1, -0.05) is 0 Å². The van der Waals surface area contributed by atoms with Gasteiger partial charge in [0.15, 0.2) is 0 Å². The third kappa shape index (κ3) is 2.27. The van der Waals surface area contributed by atoms with Gasteiger partial charge >= 0.3 is 0 Å². The van der Waals surface area contributed by atoms with E-state index < -0.39 is 11.6 Å². The minimum atomic E-state index is -0.576. The molecule has 0 amide bonds. The van der Waals surface area contributed by atoms with Crippen LogP contribution < -0.4 is 0 Å². The Morgan fingerprint density at radius 3 is 2.09 bits per heavy atom. The summed E-state index contributed by atoms with van der Waals surface area (Å²) in [5.74, 6) is -1.15. The Balaban J connectivity index is 2.89. The molecule has 0 saturated carbocycles. The van der Waals surface area contributed by atoms with Gasteiger partial charge in [0.1, 0.15) is 11.6 Å². The topological polar surface area (TPSA) is 23.8 Å². The fourth-order valence-electron chi connectivity index (χ4n) is 0.900. The van der Waals surface area contributed by atoms with Gasteiger partial charge in [-0.05, 0) is 24.1 Å². The van der Waals surface area contributed by atoms with Crippen LogP contribution in [0.1, 0.15) is 5.56 Å². The van der Waals surface area contributed by atoms with Crippen LogP contribution in [0, 0.1) is 11.6 Å². The highest BCUT2D eigenvalue weighted by Crippen LogP contribution is 2.08. The molecule has 0 aliphatic heterocycles. The van der Waals surface area contributed by atoms with Gasteiger partial charge in [-0.2, -0.15) is 0 Å². The summed E-state index contributed by atoms with van der Waals surface area (Å²) in [6, 6.07) is 3.32. The van der Waals surface area contributed by atoms with Crippen LogP contribution in [-0.4, -0.2) is 6.54 Å². The maximum absolute atomic E-state index is 12.5. The molecule has 1 nitrogen and oxygen atoms in total. The van der Waals surface area contributed by atoms with Gasteiger partial charge in [-0.3, -0.25) is 0 Å². The molecular weight excluding hydrogens is 148 g/mol. The Bertz CT molecular complexity index is 228. The lowest BCUT2D eigenvalue weighted by atomic mass is 10.1. The Morgan fingerprint density at radius 2 is 1.64 bits per heavy atom. The molecule has 0 bridgehead atoms. The van der Waals surface area contributed by atoms with Gasteiger partial charge in [0.25, 0.3) is 0 Å². The quantitative estimate of drug-likeness (QED) is 0.628. The lowest BCUT2D eigenvalue weighted by Gasteiger charge is -2.01. The molecule has 0 heterocycles. The predicted molar refractivity (Wildman–Crippen MR) is 39.3 cm³/mol. The molecular formula is C8H8F2N-. The van der Waals surface area contributed by atoms with E-state index in [4.69, 9.17) is 5.73 Å². The van der Waals surface area contributed by atoms with Crippen molar-refractivity contribution >= 4 is 0 Å². The molecule has 1 rings (SSSR count). The Kier molecular flexibility index (Phi) is 2.54. The van der Waals surface area contributed by atoms with Crippen molar-refractivity contribution in [2.45, 2.75) is 6.42 Å². The average Bonchev–Trinajstić information content (AvgIpc) is 1.85. The summed E-state index contributed by atoms with van der Waals surface area (Å²) in [6.45, 7) is 0.156. The molecule has 0 spiro atoms. The van der Waals surface area contributed by atoms with E-state index in [-0.39, 0.29) is 6.54 Å². The van der Waals surface area contributed by atoms with Gasteiger partial charge in [0.2, 0.25) is 0 Å². The second kappa shape index (κ2) is 3.44. The molecule has 0 saturated heterocycles. The van der Waals surface area contributed by atoms with Crippen LogP contribution in [0.2, 0.25) is 0 Å². The zero-order valence-corrected chi connectivity index (χ0v) is 5.90. The first-order valence-electron chi connectivity index (χ1n) is 3.32. The van der Waals surface area contributed by atoms with E-state index >= 15 is 0 Å². The van der Waals surface area contributed by atoms with Gasteiger partial charge in [0.05, 0.1) is 0 Å². The van der Waals surface area contributed by atoms with Crippen LogP contribution in [0.25, 0.3) is 5.73 Å². The number of hydrogen-bond acceptors (Lipinski definition) is 0. The Morgan fingerprint density at radius 1 is 1.09 bits per heavy atom. The van der Waals surface area contributed by atoms with Crippen LogP contribution in [0.15, 0.2) is 18.2 Å². The third-order valence-corrected chi connectivity index (χ3v) is 1.34. The van der Waals surface area contributed by atoms with E-state index in [2.05, 4.69) is 0 Å². The molecule has 0 fully saturated rings. The molecule has 1 aromatic carbocycles. The van der Waals surface area contributed by atoms with E-state index in [1.165, 1.54) is 12.1 Å². The third-order valence-electron chi connectivity index (χ3n) is 1.34. The number of nitrogens with one attached hydrogen (secondary N) is 1. The summed E-state index contributed by atoms with van der Waals surface area (Å²) in [7, 11) is 0. The molecule has 0 unspecified atom stereocenters. The van der Waals surface area contributed by atoms with Crippen molar-refractivity contribution in [3.63, 3.8) is 0 Å². The molecule has 0 aliphatic carbocycles. The first kappa shape index (κ1) is 8.14. The summed E-state index contributed by atoms with van der Waals surface area (Å²) >= 11 is 0. The van der Waals surface area contributed by atoms with Crippen molar-refractivity contribution in [3.8, 4) is 0 Å². The molecule has 0 aliphatic rings. The second-order valence-corrected chi connectivity index (χ2v) is 2.28. The molecule has 0 radical (unpaired) electrons. The summed E-state index contributed by atoms with van der Waals surface area (Å²) in [6.07, 6.45) is 0.397. The number of rotatable bonds is 2. The lowest BCUT2D eigenvalue weighted by Crippen LogP contribution is -1.90. The first-order valence-corrected chi connectivity index (χ1v) is 3.32. The fraction of sp³-hybridized carbons (Fsp3) is 0.250. The lowest BCUT2D eigenvalue weighted by molar-refractivity contribution is 0.580. The van der Waals surface area contributed by atoms with Crippen molar-refractivity contribution in [3.05, 3.63) is 41.1 Å². The summed E-state index contributed by atoms with van der Waals surface area (Å²) in [5.41, 5.74) is 7.38. The SMILES string of the molecule is [NH-]CCc1cc(F)cc(F)c1. The van der Waals surface area contributed by atoms with Gasteiger partial charge in [-0.15, -0.1) is 6.54 Å². The summed E-state index contributed by atoms with van der Waals surface area (Å²) in [4.78, 5) is 0. The molecule has 60 valence electrons. The summed E-state index contributed by atoms with van der Waals surface area (Å²) < 4.78 is 24.9. The van der Waals surface area contributed by atoms with E-state index in [0.717, 1.165) is 6.07 Å². The van der Waals surface area contributed by atoms with Crippen LogP contribution in [0.4, 0.5) is 8.78 Å². The van der Waals surface area contributed by atoms with Crippen molar-refractivity contribution in [2.24, 2.45) is 0 Å². The van der Waals surface area contributed by atoms with Crippen molar-refractivity contribution < 1.29 is 8.78 Å². The molecule has 1 N–H and O–H groups in total. The molecule has 1 aromatic rings. The largest absolute Gasteiger partial charge is 0.677 e. The maximum Gasteiger partial charge on any atom is 0.126 e. The van der Waals surface area contributed by atoms with Crippen LogP contribution in [0.3, 0.4) is 0 Å². The monoisotopic (exact) mass is 156 g/mol. The van der Waals surface area contributed by atoms with E-state index in [1.54, 1.807) is 0 Å². The van der Waals surface area contributed by atoms with E-state index in [1.807, 2.05) is 0 Å². The molecule has 0 atom stereocenters. The van der Waals surface area contributed by atoms with E-state index in [9.17, 15) is 8.78 Å². The minimum absolute atomic E-state index is 0.156. The van der Waals surface area contributed by atoms with Crippen molar-refractivity contribution in [1.29, 1.82) is 0 Å². The van der Waals surface area contributed by atoms with Crippen LogP contribution in [-0.2, 0) is 6.42 Å². The van der Waals surface area contributed by atoms with Gasteiger partial charge in [0, 0.05) is 6.07 Å². The molecule has 11 heavy (non-hydrogen) atoms. The standard InChI is InChI=1S/C8H8F2N/c9-7-3-6(1-2-11)4-8(10)5-7/h3-5,11H,1-2H2/q-1. The average molecular weight is 156 g/mol. The summed E-state index contributed by atoms with van der Waals surface area (Å²) in [5, 5.41) is 0. The zero-order chi connectivity index (χ0) is 8.27. The first-order chi connectivity index (χ1) is 5.22. The minimum Gasteiger partial charge on any atom is -0.677 e.